The van der Waals surface area contributed by atoms with E-state index in [1.165, 1.54) is 0 Å². The van der Waals surface area contributed by atoms with Crippen LogP contribution in [0.1, 0.15) is 34.8 Å². The zero-order valence-electron chi connectivity index (χ0n) is 17.2. The molecule has 0 unspecified atom stereocenters. The minimum atomic E-state index is -0.878. The summed E-state index contributed by atoms with van der Waals surface area (Å²) in [6, 6.07) is 1.60. The van der Waals surface area contributed by atoms with E-state index in [1.54, 1.807) is 19.4 Å². The Morgan fingerprint density at radius 2 is 2.00 bits per heavy atom. The summed E-state index contributed by atoms with van der Waals surface area (Å²) in [4.78, 5) is 28.0. The van der Waals surface area contributed by atoms with Crippen LogP contribution in [0.4, 0.5) is 18.6 Å². The van der Waals surface area contributed by atoms with Gasteiger partial charge in [-0.3, -0.25) is 10.1 Å². The fourth-order valence-electron chi connectivity index (χ4n) is 2.86. The average Bonchev–Trinajstić information content (AvgIpc) is 3.41. The van der Waals surface area contributed by atoms with Gasteiger partial charge in [-0.15, -0.1) is 0 Å². The van der Waals surface area contributed by atoms with E-state index in [0.29, 0.717) is 25.9 Å². The van der Waals surface area contributed by atoms with Crippen LogP contribution in [0.3, 0.4) is 0 Å². The molecule has 3 amide bonds. The first kappa shape index (κ1) is 23.1. The monoisotopic (exact) mass is 464 g/mol. The van der Waals surface area contributed by atoms with E-state index in [-0.39, 0.29) is 34.2 Å². The summed E-state index contributed by atoms with van der Waals surface area (Å²) in [6.07, 6.45) is 6.18. The van der Waals surface area contributed by atoms with E-state index in [2.05, 4.69) is 20.0 Å². The van der Waals surface area contributed by atoms with Gasteiger partial charge in [-0.25, -0.2) is 18.6 Å². The molecular formula is C20H22F2N6O3S. The van der Waals surface area contributed by atoms with Crippen molar-refractivity contribution >= 4 is 28.5 Å². The molecule has 3 aromatic rings. The third kappa shape index (κ3) is 5.78. The minimum absolute atomic E-state index is 0.0340. The lowest BCUT2D eigenvalue weighted by Crippen LogP contribution is -2.30. The highest BCUT2D eigenvalue weighted by Crippen LogP contribution is 2.31. The number of nitrogens with one attached hydrogen (secondary N) is 2. The Labute approximate surface area is 186 Å². The van der Waals surface area contributed by atoms with Gasteiger partial charge in [-0.1, -0.05) is 6.92 Å². The van der Waals surface area contributed by atoms with Crippen molar-refractivity contribution in [3.05, 3.63) is 59.2 Å². The molecule has 0 saturated carbocycles. The maximum absolute atomic E-state index is 14.2. The molecule has 12 heteroatoms. The highest BCUT2D eigenvalue weighted by molar-refractivity contribution is 7.11. The molecule has 0 saturated heterocycles. The first-order valence-electron chi connectivity index (χ1n) is 9.78. The minimum Gasteiger partial charge on any atom is -0.471 e. The fraction of sp³-hybridized carbons (Fsp3) is 0.300. The van der Waals surface area contributed by atoms with Gasteiger partial charge in [-0.05, 0) is 42.1 Å². The second-order valence-corrected chi connectivity index (χ2v) is 7.54. The molecule has 4 N–H and O–H groups in total. The molecule has 3 rings (SSSR count). The number of carbonyl (C=O) groups excluding carboxylic acids is 2. The lowest BCUT2D eigenvalue weighted by molar-refractivity contribution is 0.0996. The zero-order valence-corrected chi connectivity index (χ0v) is 18.0. The summed E-state index contributed by atoms with van der Waals surface area (Å²) in [5.74, 6) is -2.23. The summed E-state index contributed by atoms with van der Waals surface area (Å²) >= 11 is 0.791. The number of imidazole rings is 1. The molecule has 0 spiro atoms. The molecule has 0 aliphatic rings. The van der Waals surface area contributed by atoms with Gasteiger partial charge in [0.25, 0.3) is 5.91 Å². The smallest absolute Gasteiger partial charge is 0.319 e. The topological polar surface area (TPSA) is 124 Å². The Morgan fingerprint density at radius 3 is 2.69 bits per heavy atom. The number of urea groups is 1. The number of benzene rings is 1. The molecule has 2 heterocycles. The predicted molar refractivity (Wildman–Crippen MR) is 115 cm³/mol. The van der Waals surface area contributed by atoms with Crippen molar-refractivity contribution in [3.63, 3.8) is 0 Å². The number of aryl methyl sites for hydroxylation is 2. The second kappa shape index (κ2) is 10.7. The highest BCUT2D eigenvalue weighted by Gasteiger charge is 2.22. The molecule has 0 bridgehead atoms. The number of nitrogens with two attached hydrogens (primary N) is 1. The molecule has 1 aromatic carbocycles. The van der Waals surface area contributed by atoms with Crippen LogP contribution < -0.4 is 21.1 Å². The van der Waals surface area contributed by atoms with Gasteiger partial charge in [0.1, 0.15) is 28.8 Å². The number of hydrogen-bond donors (Lipinski definition) is 3. The maximum atomic E-state index is 14.2. The van der Waals surface area contributed by atoms with Crippen LogP contribution in [0.25, 0.3) is 0 Å². The SMILES string of the molecule is CCc1cc(F)c(COc2nsc(NC(=O)NCCCn3ccnc3)c2C(N)=O)cc1F. The Balaban J connectivity index is 1.59. The number of ether oxygens (including phenoxy) is 1. The summed E-state index contributed by atoms with van der Waals surface area (Å²) < 4.78 is 39.4. The predicted octanol–water partition coefficient (Wildman–Crippen LogP) is 3.07. The summed E-state index contributed by atoms with van der Waals surface area (Å²) in [6.45, 7) is 2.42. The van der Waals surface area contributed by atoms with Crippen LogP contribution in [0.15, 0.2) is 30.9 Å². The first-order chi connectivity index (χ1) is 15.4. The van der Waals surface area contributed by atoms with Crippen molar-refractivity contribution in [2.24, 2.45) is 5.73 Å². The van der Waals surface area contributed by atoms with Gasteiger partial charge >= 0.3 is 6.03 Å². The Morgan fingerprint density at radius 1 is 1.25 bits per heavy atom. The number of halogens is 2. The van der Waals surface area contributed by atoms with Crippen LogP contribution in [-0.4, -0.2) is 32.4 Å². The number of aromatic nitrogens is 3. The van der Waals surface area contributed by atoms with Crippen molar-refractivity contribution in [1.29, 1.82) is 0 Å². The normalized spacial score (nSPS) is 10.7. The first-order valence-corrected chi connectivity index (χ1v) is 10.6. The van der Waals surface area contributed by atoms with E-state index in [1.807, 2.05) is 10.8 Å². The van der Waals surface area contributed by atoms with Crippen LogP contribution >= 0.6 is 11.5 Å². The van der Waals surface area contributed by atoms with Gasteiger partial charge in [0.2, 0.25) is 5.88 Å². The second-order valence-electron chi connectivity index (χ2n) is 6.77. The van der Waals surface area contributed by atoms with Crippen molar-refractivity contribution < 1.29 is 23.1 Å². The Bertz CT molecular complexity index is 1090. The van der Waals surface area contributed by atoms with Crippen molar-refractivity contribution in [2.45, 2.75) is 32.9 Å². The van der Waals surface area contributed by atoms with Crippen LogP contribution in [0, 0.1) is 11.6 Å². The number of carbonyl (C=O) groups is 2. The van der Waals surface area contributed by atoms with Crippen LogP contribution in [0.5, 0.6) is 5.88 Å². The molecule has 0 aliphatic carbocycles. The molecule has 9 nitrogen and oxygen atoms in total. The van der Waals surface area contributed by atoms with E-state index < -0.39 is 23.6 Å². The van der Waals surface area contributed by atoms with Gasteiger partial charge in [0, 0.05) is 31.0 Å². The number of amides is 3. The van der Waals surface area contributed by atoms with E-state index in [4.69, 9.17) is 10.5 Å². The number of rotatable bonds is 10. The largest absolute Gasteiger partial charge is 0.471 e. The molecule has 32 heavy (non-hydrogen) atoms. The van der Waals surface area contributed by atoms with Crippen molar-refractivity contribution in [3.8, 4) is 5.88 Å². The molecule has 170 valence electrons. The number of hydrogen-bond acceptors (Lipinski definition) is 6. The summed E-state index contributed by atoms with van der Waals surface area (Å²) in [5, 5.41) is 5.26. The number of primary amides is 1. The zero-order chi connectivity index (χ0) is 23.1. The molecule has 0 atom stereocenters. The lowest BCUT2D eigenvalue weighted by atomic mass is 10.1. The third-order valence-corrected chi connectivity index (χ3v) is 5.28. The van der Waals surface area contributed by atoms with Crippen molar-refractivity contribution in [2.75, 3.05) is 11.9 Å². The van der Waals surface area contributed by atoms with Crippen molar-refractivity contribution in [1.82, 2.24) is 19.2 Å². The highest BCUT2D eigenvalue weighted by atomic mass is 32.1. The van der Waals surface area contributed by atoms with E-state index in [9.17, 15) is 18.4 Å². The van der Waals surface area contributed by atoms with Crippen LogP contribution in [-0.2, 0) is 19.6 Å². The Kier molecular flexibility index (Phi) is 7.71. The fourth-order valence-corrected chi connectivity index (χ4v) is 3.60. The van der Waals surface area contributed by atoms with Gasteiger partial charge in [0.15, 0.2) is 0 Å². The van der Waals surface area contributed by atoms with Gasteiger partial charge in [0.05, 0.1) is 6.33 Å². The summed E-state index contributed by atoms with van der Waals surface area (Å²) in [5.41, 5.74) is 5.48. The maximum Gasteiger partial charge on any atom is 0.319 e. The van der Waals surface area contributed by atoms with Gasteiger partial charge < -0.3 is 20.4 Å². The Hall–Kier alpha value is -3.54. The van der Waals surface area contributed by atoms with E-state index >= 15 is 0 Å². The quantitative estimate of drug-likeness (QED) is 0.398. The molecular weight excluding hydrogens is 442 g/mol. The number of anilines is 1. The summed E-state index contributed by atoms with van der Waals surface area (Å²) in [7, 11) is 0. The molecule has 2 aromatic heterocycles. The van der Waals surface area contributed by atoms with Crippen LogP contribution in [0.2, 0.25) is 0 Å². The van der Waals surface area contributed by atoms with E-state index in [0.717, 1.165) is 23.7 Å². The molecule has 0 aliphatic heterocycles. The molecule has 0 fully saturated rings. The van der Waals surface area contributed by atoms with Gasteiger partial charge in [-0.2, -0.15) is 4.37 Å². The standard InChI is InChI=1S/C20H22F2N6O3S/c1-2-12-8-15(22)13(9-14(12)21)10-31-18-16(17(23)29)19(32-27-18)26-20(30)25-4-3-6-28-7-5-24-11-28/h5,7-9,11H,2-4,6,10H2,1H3,(H2,23,29)(H2,25,26,30). The third-order valence-electron chi connectivity index (χ3n) is 4.53. The lowest BCUT2D eigenvalue weighted by Gasteiger charge is -2.09. The molecule has 0 radical (unpaired) electrons. The number of nitrogens with zero attached hydrogens (tertiary/aromatic N) is 3. The average molecular weight is 464 g/mol.